The molecule has 3 aromatic rings. The van der Waals surface area contributed by atoms with Gasteiger partial charge in [-0.2, -0.15) is 0 Å². The fourth-order valence-corrected chi connectivity index (χ4v) is 3.61. The molecule has 2 aromatic carbocycles. The van der Waals surface area contributed by atoms with Crippen LogP contribution in [0.4, 0.5) is 5.69 Å². The lowest BCUT2D eigenvalue weighted by Gasteiger charge is -2.21. The minimum Gasteiger partial charge on any atom is -0.351 e. The number of thiocarbonyl (C=S) groups is 1. The van der Waals surface area contributed by atoms with Gasteiger partial charge in [-0.15, -0.1) is 11.3 Å². The highest BCUT2D eigenvalue weighted by Gasteiger charge is 2.16. The molecule has 2 N–H and O–H groups in total. The van der Waals surface area contributed by atoms with Crippen molar-refractivity contribution in [3.8, 4) is 0 Å². The molecule has 0 bridgehead atoms. The molecule has 3 rings (SSSR count). The Morgan fingerprint density at radius 1 is 1.00 bits per heavy atom. The molecule has 24 heavy (non-hydrogen) atoms. The average Bonchev–Trinajstić information content (AvgIpc) is 3.11. The number of anilines is 1. The first-order chi connectivity index (χ1) is 11.6. The molecule has 4 heteroatoms. The summed E-state index contributed by atoms with van der Waals surface area (Å²) in [5.41, 5.74) is 4.64. The summed E-state index contributed by atoms with van der Waals surface area (Å²) < 4.78 is 0. The van der Waals surface area contributed by atoms with E-state index in [2.05, 4.69) is 84.5 Å². The summed E-state index contributed by atoms with van der Waals surface area (Å²) in [4.78, 5) is 1.24. The molecule has 0 aliphatic heterocycles. The van der Waals surface area contributed by atoms with Gasteiger partial charge in [0.2, 0.25) is 0 Å². The van der Waals surface area contributed by atoms with Crippen molar-refractivity contribution in [2.75, 3.05) is 5.32 Å². The van der Waals surface area contributed by atoms with Gasteiger partial charge in [-0.3, -0.25) is 0 Å². The second-order valence-corrected chi connectivity index (χ2v) is 7.16. The quantitative estimate of drug-likeness (QED) is 0.611. The number of benzene rings is 2. The van der Waals surface area contributed by atoms with Gasteiger partial charge in [0.25, 0.3) is 0 Å². The van der Waals surface area contributed by atoms with Crippen LogP contribution in [-0.2, 0) is 0 Å². The predicted octanol–water partition coefficient (Wildman–Crippen LogP) is 5.44. The minimum absolute atomic E-state index is 0.0521. The Morgan fingerprint density at radius 2 is 1.79 bits per heavy atom. The van der Waals surface area contributed by atoms with E-state index < -0.39 is 0 Å². The Kier molecular flexibility index (Phi) is 5.28. The highest BCUT2D eigenvalue weighted by atomic mass is 32.1. The summed E-state index contributed by atoms with van der Waals surface area (Å²) in [6.45, 7) is 4.16. The smallest absolute Gasteiger partial charge is 0.171 e. The third-order valence-corrected chi connectivity index (χ3v) is 5.03. The Balaban J connectivity index is 1.80. The zero-order chi connectivity index (χ0) is 16.9. The largest absolute Gasteiger partial charge is 0.351 e. The van der Waals surface area contributed by atoms with Crippen molar-refractivity contribution in [1.82, 2.24) is 5.32 Å². The van der Waals surface area contributed by atoms with Crippen molar-refractivity contribution in [2.24, 2.45) is 0 Å². The first-order valence-electron chi connectivity index (χ1n) is 7.86. The number of aryl methyl sites for hydroxylation is 2. The standard InChI is InChI=1S/C20H20N2S2/c1-14-10-11-15(2)17(13-14)21-20(23)22-19(18-9-6-12-24-18)16-7-4-3-5-8-16/h3-13,19H,1-2H3,(H2,21,22,23)/t19-/m1/s1. The van der Waals surface area contributed by atoms with Crippen LogP contribution in [-0.4, -0.2) is 5.11 Å². The van der Waals surface area contributed by atoms with Crippen molar-refractivity contribution < 1.29 is 0 Å². The molecule has 2 nitrogen and oxygen atoms in total. The van der Waals surface area contributed by atoms with Gasteiger partial charge < -0.3 is 10.6 Å². The normalized spacial score (nSPS) is 11.8. The van der Waals surface area contributed by atoms with Crippen LogP contribution in [0.2, 0.25) is 0 Å². The SMILES string of the molecule is Cc1ccc(C)c(NC(=S)N[C@H](c2ccccc2)c2cccs2)c1. The van der Waals surface area contributed by atoms with Crippen molar-refractivity contribution in [2.45, 2.75) is 19.9 Å². The van der Waals surface area contributed by atoms with Gasteiger partial charge in [0.15, 0.2) is 5.11 Å². The number of hydrogen-bond donors (Lipinski definition) is 2. The highest BCUT2D eigenvalue weighted by molar-refractivity contribution is 7.80. The molecule has 0 saturated heterocycles. The Bertz CT molecular complexity index is 811. The number of rotatable bonds is 4. The monoisotopic (exact) mass is 352 g/mol. The summed E-state index contributed by atoms with van der Waals surface area (Å²) >= 11 is 7.30. The van der Waals surface area contributed by atoms with Gasteiger partial charge in [-0.05, 0) is 60.3 Å². The Labute approximate surface area is 152 Å². The molecule has 122 valence electrons. The van der Waals surface area contributed by atoms with Crippen molar-refractivity contribution >= 4 is 34.4 Å². The summed E-state index contributed by atoms with van der Waals surface area (Å²) in [6, 6.07) is 21.0. The molecule has 1 heterocycles. The fraction of sp³-hybridized carbons (Fsp3) is 0.150. The number of thiophene rings is 1. The lowest BCUT2D eigenvalue weighted by atomic mass is 10.1. The van der Waals surface area contributed by atoms with Gasteiger partial charge in [-0.25, -0.2) is 0 Å². The predicted molar refractivity (Wildman–Crippen MR) is 108 cm³/mol. The summed E-state index contributed by atoms with van der Waals surface area (Å²) in [5.74, 6) is 0. The van der Waals surface area contributed by atoms with E-state index in [-0.39, 0.29) is 6.04 Å². The highest BCUT2D eigenvalue weighted by Crippen LogP contribution is 2.26. The molecular weight excluding hydrogens is 332 g/mol. The number of nitrogens with one attached hydrogen (secondary N) is 2. The zero-order valence-electron chi connectivity index (χ0n) is 13.7. The molecule has 1 aromatic heterocycles. The van der Waals surface area contributed by atoms with Crippen molar-refractivity contribution in [1.29, 1.82) is 0 Å². The molecule has 0 unspecified atom stereocenters. The number of hydrogen-bond acceptors (Lipinski definition) is 2. The van der Waals surface area contributed by atoms with Crippen LogP contribution < -0.4 is 10.6 Å². The van der Waals surface area contributed by atoms with Gasteiger partial charge in [0.1, 0.15) is 0 Å². The van der Waals surface area contributed by atoms with E-state index in [1.807, 2.05) is 6.07 Å². The zero-order valence-corrected chi connectivity index (χ0v) is 15.4. The second kappa shape index (κ2) is 7.60. The van der Waals surface area contributed by atoms with E-state index in [0.29, 0.717) is 5.11 Å². The summed E-state index contributed by atoms with van der Waals surface area (Å²) in [6.07, 6.45) is 0. The minimum atomic E-state index is 0.0521. The first kappa shape index (κ1) is 16.7. The third-order valence-electron chi connectivity index (χ3n) is 3.88. The molecule has 0 amide bonds. The molecule has 0 aliphatic carbocycles. The lowest BCUT2D eigenvalue weighted by Crippen LogP contribution is -2.32. The molecule has 1 atom stereocenters. The molecule has 0 aliphatic rings. The fourth-order valence-electron chi connectivity index (χ4n) is 2.58. The average molecular weight is 353 g/mol. The van der Waals surface area contributed by atoms with Crippen LogP contribution in [0.1, 0.15) is 27.6 Å². The molecular formula is C20H20N2S2. The summed E-state index contributed by atoms with van der Waals surface area (Å²) in [7, 11) is 0. The summed E-state index contributed by atoms with van der Waals surface area (Å²) in [5, 5.41) is 9.52. The topological polar surface area (TPSA) is 24.1 Å². The molecule has 0 radical (unpaired) electrons. The van der Waals surface area contributed by atoms with E-state index in [4.69, 9.17) is 12.2 Å². The maximum absolute atomic E-state index is 5.57. The van der Waals surface area contributed by atoms with E-state index in [9.17, 15) is 0 Å². The van der Waals surface area contributed by atoms with E-state index in [0.717, 1.165) is 5.69 Å². The van der Waals surface area contributed by atoms with Gasteiger partial charge >= 0.3 is 0 Å². The van der Waals surface area contributed by atoms with Crippen LogP contribution >= 0.6 is 23.6 Å². The van der Waals surface area contributed by atoms with Crippen molar-refractivity contribution in [3.05, 3.63) is 87.6 Å². The lowest BCUT2D eigenvalue weighted by molar-refractivity contribution is 0.784. The van der Waals surface area contributed by atoms with E-state index in [1.54, 1.807) is 11.3 Å². The Morgan fingerprint density at radius 3 is 2.50 bits per heavy atom. The van der Waals surface area contributed by atoms with Gasteiger partial charge in [0.05, 0.1) is 6.04 Å². The van der Waals surface area contributed by atoms with Crippen LogP contribution in [0.3, 0.4) is 0 Å². The molecule has 0 spiro atoms. The van der Waals surface area contributed by atoms with E-state index in [1.165, 1.54) is 21.6 Å². The van der Waals surface area contributed by atoms with Crippen LogP contribution in [0.15, 0.2) is 66.0 Å². The van der Waals surface area contributed by atoms with Gasteiger partial charge in [0, 0.05) is 10.6 Å². The van der Waals surface area contributed by atoms with Gasteiger partial charge in [-0.1, -0.05) is 48.5 Å². The second-order valence-electron chi connectivity index (χ2n) is 5.78. The Hall–Kier alpha value is -2.17. The maximum atomic E-state index is 5.57. The first-order valence-corrected chi connectivity index (χ1v) is 9.15. The molecule has 0 fully saturated rings. The maximum Gasteiger partial charge on any atom is 0.171 e. The molecule has 0 saturated carbocycles. The van der Waals surface area contributed by atoms with Crippen LogP contribution in [0.5, 0.6) is 0 Å². The van der Waals surface area contributed by atoms with E-state index >= 15 is 0 Å². The van der Waals surface area contributed by atoms with Crippen LogP contribution in [0.25, 0.3) is 0 Å². The third kappa shape index (κ3) is 4.02. The van der Waals surface area contributed by atoms with Crippen LogP contribution in [0, 0.1) is 13.8 Å². The van der Waals surface area contributed by atoms with Crippen molar-refractivity contribution in [3.63, 3.8) is 0 Å².